The van der Waals surface area contributed by atoms with E-state index in [1.165, 1.54) is 5.56 Å². The van der Waals surface area contributed by atoms with E-state index in [1.807, 2.05) is 19.1 Å². The first-order valence-electron chi connectivity index (χ1n) is 5.50. The molecule has 0 heterocycles. The van der Waals surface area contributed by atoms with Crippen molar-refractivity contribution >= 4 is 5.78 Å². The molecule has 0 saturated carbocycles. The third kappa shape index (κ3) is 3.17. The molecule has 0 aliphatic rings. The van der Waals surface area contributed by atoms with Gasteiger partial charge in [-0.05, 0) is 18.4 Å². The number of aryl methyl sites for hydroxylation is 1. The maximum Gasteiger partial charge on any atom is 0.191 e. The minimum Gasteiger partial charge on any atom is -0.385 e. The third-order valence-electron chi connectivity index (χ3n) is 2.51. The van der Waals surface area contributed by atoms with Gasteiger partial charge in [0.25, 0.3) is 0 Å². The standard InChI is InChI=1S/C13H18O2/c1-3-5-12(14)13(15)11-8-6-10(4-2)7-9-11/h6-9,12,14H,3-5H2,1-2H3. The lowest BCUT2D eigenvalue weighted by Crippen LogP contribution is -2.19. The van der Waals surface area contributed by atoms with Gasteiger partial charge in [-0.25, -0.2) is 0 Å². The predicted octanol–water partition coefficient (Wildman–Crippen LogP) is 2.59. The Balaban J connectivity index is 2.73. The van der Waals surface area contributed by atoms with E-state index in [0.717, 1.165) is 12.8 Å². The normalized spacial score (nSPS) is 12.5. The van der Waals surface area contributed by atoms with E-state index in [4.69, 9.17) is 0 Å². The number of carbonyl (C=O) groups is 1. The van der Waals surface area contributed by atoms with Crippen molar-refractivity contribution in [3.8, 4) is 0 Å². The van der Waals surface area contributed by atoms with Gasteiger partial charge in [0.15, 0.2) is 5.78 Å². The summed E-state index contributed by atoms with van der Waals surface area (Å²) in [5, 5.41) is 9.55. The molecule has 0 saturated heterocycles. The highest BCUT2D eigenvalue weighted by Gasteiger charge is 2.15. The molecule has 2 heteroatoms. The summed E-state index contributed by atoms with van der Waals surface area (Å²) in [7, 11) is 0. The molecule has 82 valence electrons. The van der Waals surface area contributed by atoms with Crippen molar-refractivity contribution in [3.63, 3.8) is 0 Å². The monoisotopic (exact) mass is 206 g/mol. The van der Waals surface area contributed by atoms with Crippen LogP contribution in [0.1, 0.15) is 42.6 Å². The second-order valence-corrected chi connectivity index (χ2v) is 3.72. The van der Waals surface area contributed by atoms with Gasteiger partial charge in [0.2, 0.25) is 0 Å². The summed E-state index contributed by atoms with van der Waals surface area (Å²) in [5.41, 5.74) is 1.81. The molecule has 1 unspecified atom stereocenters. The molecule has 0 radical (unpaired) electrons. The molecule has 0 amide bonds. The quantitative estimate of drug-likeness (QED) is 0.752. The Morgan fingerprint density at radius 3 is 2.33 bits per heavy atom. The van der Waals surface area contributed by atoms with Crippen LogP contribution in [0.2, 0.25) is 0 Å². The number of ketones is 1. The number of hydrogen-bond acceptors (Lipinski definition) is 2. The van der Waals surface area contributed by atoms with Crippen molar-refractivity contribution in [3.05, 3.63) is 35.4 Å². The van der Waals surface area contributed by atoms with Gasteiger partial charge in [-0.2, -0.15) is 0 Å². The number of aliphatic hydroxyl groups is 1. The summed E-state index contributed by atoms with van der Waals surface area (Å²) in [6.45, 7) is 4.03. The highest BCUT2D eigenvalue weighted by atomic mass is 16.3. The average molecular weight is 206 g/mol. The zero-order valence-electron chi connectivity index (χ0n) is 9.36. The molecule has 2 nitrogen and oxygen atoms in total. The second kappa shape index (κ2) is 5.66. The predicted molar refractivity (Wildman–Crippen MR) is 61.1 cm³/mol. The Morgan fingerprint density at radius 1 is 1.27 bits per heavy atom. The van der Waals surface area contributed by atoms with Gasteiger partial charge in [0, 0.05) is 5.56 Å². The Labute approximate surface area is 90.9 Å². The van der Waals surface area contributed by atoms with E-state index in [9.17, 15) is 9.90 Å². The third-order valence-corrected chi connectivity index (χ3v) is 2.51. The van der Waals surface area contributed by atoms with Crippen molar-refractivity contribution < 1.29 is 9.90 Å². The fourth-order valence-corrected chi connectivity index (χ4v) is 1.50. The van der Waals surface area contributed by atoms with E-state index in [2.05, 4.69) is 6.92 Å². The molecule has 0 aliphatic carbocycles. The average Bonchev–Trinajstić information content (AvgIpc) is 2.28. The van der Waals surface area contributed by atoms with E-state index in [1.54, 1.807) is 12.1 Å². The molecule has 0 fully saturated rings. The SMILES string of the molecule is CCCC(O)C(=O)c1ccc(CC)cc1. The molecule has 0 spiro atoms. The Bertz CT molecular complexity index is 314. The van der Waals surface area contributed by atoms with Crippen molar-refractivity contribution in [2.45, 2.75) is 39.2 Å². The highest BCUT2D eigenvalue weighted by molar-refractivity contribution is 5.99. The van der Waals surface area contributed by atoms with Crippen LogP contribution >= 0.6 is 0 Å². The van der Waals surface area contributed by atoms with Gasteiger partial charge in [0.05, 0.1) is 0 Å². The lowest BCUT2D eigenvalue weighted by molar-refractivity contribution is 0.0729. The van der Waals surface area contributed by atoms with E-state index in [-0.39, 0.29) is 5.78 Å². The van der Waals surface area contributed by atoms with Crippen LogP contribution in [0.5, 0.6) is 0 Å². The topological polar surface area (TPSA) is 37.3 Å². The van der Waals surface area contributed by atoms with Crippen LogP contribution in [0.4, 0.5) is 0 Å². The van der Waals surface area contributed by atoms with Crippen LogP contribution in [0.3, 0.4) is 0 Å². The molecule has 1 atom stereocenters. The molecule has 1 rings (SSSR count). The summed E-state index contributed by atoms with van der Waals surface area (Å²) >= 11 is 0. The van der Waals surface area contributed by atoms with Crippen molar-refractivity contribution in [1.82, 2.24) is 0 Å². The fourth-order valence-electron chi connectivity index (χ4n) is 1.50. The molecule has 0 aromatic heterocycles. The Morgan fingerprint density at radius 2 is 1.87 bits per heavy atom. The van der Waals surface area contributed by atoms with Crippen LogP contribution in [-0.4, -0.2) is 17.0 Å². The lowest BCUT2D eigenvalue weighted by atomic mass is 10.0. The number of hydrogen-bond donors (Lipinski definition) is 1. The molecular formula is C13H18O2. The van der Waals surface area contributed by atoms with Gasteiger partial charge >= 0.3 is 0 Å². The van der Waals surface area contributed by atoms with E-state index >= 15 is 0 Å². The van der Waals surface area contributed by atoms with Gasteiger partial charge < -0.3 is 5.11 Å². The summed E-state index contributed by atoms with van der Waals surface area (Å²) in [6, 6.07) is 7.46. The summed E-state index contributed by atoms with van der Waals surface area (Å²) in [4.78, 5) is 11.7. The molecule has 1 aromatic rings. The summed E-state index contributed by atoms with van der Waals surface area (Å²) < 4.78 is 0. The maximum atomic E-state index is 11.7. The first-order valence-corrected chi connectivity index (χ1v) is 5.50. The molecule has 0 bridgehead atoms. The highest BCUT2D eigenvalue weighted by Crippen LogP contribution is 2.10. The fraction of sp³-hybridized carbons (Fsp3) is 0.462. The Kier molecular flexibility index (Phi) is 4.50. The number of Topliss-reactive ketones (excluding diaryl/α,β-unsaturated/α-hetero) is 1. The number of carbonyl (C=O) groups excluding carboxylic acids is 1. The van der Waals surface area contributed by atoms with Crippen LogP contribution in [0, 0.1) is 0 Å². The van der Waals surface area contributed by atoms with Gasteiger partial charge in [-0.1, -0.05) is 44.5 Å². The van der Waals surface area contributed by atoms with Crippen LogP contribution in [-0.2, 0) is 6.42 Å². The first kappa shape index (κ1) is 11.9. The minimum atomic E-state index is -0.845. The van der Waals surface area contributed by atoms with Gasteiger partial charge in [-0.15, -0.1) is 0 Å². The van der Waals surface area contributed by atoms with Crippen LogP contribution in [0.25, 0.3) is 0 Å². The van der Waals surface area contributed by atoms with Crippen LogP contribution < -0.4 is 0 Å². The molecule has 1 N–H and O–H groups in total. The van der Waals surface area contributed by atoms with E-state index in [0.29, 0.717) is 12.0 Å². The smallest absolute Gasteiger partial charge is 0.191 e. The van der Waals surface area contributed by atoms with Crippen molar-refractivity contribution in [1.29, 1.82) is 0 Å². The zero-order valence-corrected chi connectivity index (χ0v) is 9.36. The molecular weight excluding hydrogens is 188 g/mol. The molecule has 15 heavy (non-hydrogen) atoms. The number of rotatable bonds is 5. The zero-order chi connectivity index (χ0) is 11.3. The molecule has 0 aliphatic heterocycles. The number of aliphatic hydroxyl groups excluding tert-OH is 1. The lowest BCUT2D eigenvalue weighted by Gasteiger charge is -2.08. The van der Waals surface area contributed by atoms with Crippen molar-refractivity contribution in [2.24, 2.45) is 0 Å². The first-order chi connectivity index (χ1) is 7.19. The maximum absolute atomic E-state index is 11.7. The number of benzene rings is 1. The Hall–Kier alpha value is -1.15. The second-order valence-electron chi connectivity index (χ2n) is 3.72. The van der Waals surface area contributed by atoms with E-state index < -0.39 is 6.10 Å². The van der Waals surface area contributed by atoms with Gasteiger partial charge in [-0.3, -0.25) is 4.79 Å². The summed E-state index contributed by atoms with van der Waals surface area (Å²) in [6.07, 6.45) is 1.47. The van der Waals surface area contributed by atoms with Crippen LogP contribution in [0.15, 0.2) is 24.3 Å². The van der Waals surface area contributed by atoms with Crippen molar-refractivity contribution in [2.75, 3.05) is 0 Å². The van der Waals surface area contributed by atoms with Gasteiger partial charge in [0.1, 0.15) is 6.10 Å². The minimum absolute atomic E-state index is 0.167. The largest absolute Gasteiger partial charge is 0.385 e. The molecule has 1 aromatic carbocycles. The summed E-state index contributed by atoms with van der Waals surface area (Å²) in [5.74, 6) is -0.167.